The molecule has 0 radical (unpaired) electrons. The van der Waals surface area contributed by atoms with Gasteiger partial charge < -0.3 is 9.64 Å². The highest BCUT2D eigenvalue weighted by molar-refractivity contribution is 5.92. The molecule has 5 nitrogen and oxygen atoms in total. The number of ether oxygens (including phenoxy) is 1. The number of rotatable bonds is 1. The molecule has 2 aliphatic rings. The van der Waals surface area contributed by atoms with Crippen LogP contribution in [-0.2, 0) is 6.54 Å². The first-order valence-corrected chi connectivity index (χ1v) is 5.84. The standard InChI is InChI=1S/C11H15N3O2/c15-11(13-4-1-2-5-13)9-8-10-14(12-9)6-3-7-16-10/h8H,1-7H2. The van der Waals surface area contributed by atoms with Crippen molar-refractivity contribution >= 4 is 5.91 Å². The van der Waals surface area contributed by atoms with E-state index in [0.29, 0.717) is 5.69 Å². The molecule has 1 aromatic rings. The van der Waals surface area contributed by atoms with Gasteiger partial charge >= 0.3 is 0 Å². The highest BCUT2D eigenvalue weighted by Gasteiger charge is 2.24. The highest BCUT2D eigenvalue weighted by Crippen LogP contribution is 2.20. The van der Waals surface area contributed by atoms with Crippen molar-refractivity contribution in [2.75, 3.05) is 19.7 Å². The van der Waals surface area contributed by atoms with Gasteiger partial charge in [-0.25, -0.2) is 4.68 Å². The first-order valence-electron chi connectivity index (χ1n) is 5.84. The summed E-state index contributed by atoms with van der Waals surface area (Å²) in [5.74, 6) is 0.775. The quantitative estimate of drug-likeness (QED) is 0.708. The van der Waals surface area contributed by atoms with Gasteiger partial charge in [-0.05, 0) is 12.8 Å². The molecule has 1 amide bonds. The van der Waals surface area contributed by atoms with E-state index in [4.69, 9.17) is 4.74 Å². The van der Waals surface area contributed by atoms with E-state index in [9.17, 15) is 4.79 Å². The number of aryl methyl sites for hydroxylation is 1. The zero-order chi connectivity index (χ0) is 11.0. The molecular formula is C11H15N3O2. The second-order valence-corrected chi connectivity index (χ2v) is 4.29. The number of hydrogen-bond donors (Lipinski definition) is 0. The Kier molecular flexibility index (Phi) is 2.31. The minimum atomic E-state index is 0.0444. The van der Waals surface area contributed by atoms with E-state index < -0.39 is 0 Å². The number of carbonyl (C=O) groups is 1. The summed E-state index contributed by atoms with van der Waals surface area (Å²) in [7, 11) is 0. The van der Waals surface area contributed by atoms with Crippen LogP contribution >= 0.6 is 0 Å². The molecule has 0 unspecified atom stereocenters. The lowest BCUT2D eigenvalue weighted by Crippen LogP contribution is -2.28. The third kappa shape index (κ3) is 1.56. The SMILES string of the molecule is O=C(c1cc2n(n1)CCCO2)N1CCCC1. The Labute approximate surface area is 94.0 Å². The molecular weight excluding hydrogens is 206 g/mol. The van der Waals surface area contributed by atoms with Crippen LogP contribution in [0.15, 0.2) is 6.07 Å². The molecule has 0 aliphatic carbocycles. The molecule has 0 aromatic carbocycles. The van der Waals surface area contributed by atoms with Crippen molar-refractivity contribution in [1.29, 1.82) is 0 Å². The molecule has 16 heavy (non-hydrogen) atoms. The summed E-state index contributed by atoms with van der Waals surface area (Å²) in [5, 5.41) is 4.30. The van der Waals surface area contributed by atoms with E-state index in [2.05, 4.69) is 5.10 Å². The second-order valence-electron chi connectivity index (χ2n) is 4.29. The Morgan fingerprint density at radius 1 is 1.25 bits per heavy atom. The van der Waals surface area contributed by atoms with Gasteiger partial charge in [0.2, 0.25) is 5.88 Å². The molecule has 1 saturated heterocycles. The average Bonchev–Trinajstić information content (AvgIpc) is 2.97. The minimum Gasteiger partial charge on any atom is -0.478 e. The number of amides is 1. The summed E-state index contributed by atoms with van der Waals surface area (Å²) in [4.78, 5) is 13.9. The monoisotopic (exact) mass is 221 g/mol. The molecule has 2 aliphatic heterocycles. The van der Waals surface area contributed by atoms with Crippen molar-refractivity contribution in [2.45, 2.75) is 25.8 Å². The molecule has 0 spiro atoms. The van der Waals surface area contributed by atoms with E-state index in [-0.39, 0.29) is 5.91 Å². The van der Waals surface area contributed by atoms with Gasteiger partial charge in [-0.15, -0.1) is 0 Å². The molecule has 0 saturated carbocycles. The van der Waals surface area contributed by atoms with Crippen LogP contribution in [-0.4, -0.2) is 40.3 Å². The van der Waals surface area contributed by atoms with E-state index in [1.165, 1.54) is 0 Å². The van der Waals surface area contributed by atoms with E-state index in [1.807, 2.05) is 4.90 Å². The maximum atomic E-state index is 12.1. The van der Waals surface area contributed by atoms with Crippen LogP contribution in [0.1, 0.15) is 29.8 Å². The molecule has 3 heterocycles. The van der Waals surface area contributed by atoms with Gasteiger partial charge in [0.1, 0.15) is 0 Å². The fourth-order valence-corrected chi connectivity index (χ4v) is 2.25. The summed E-state index contributed by atoms with van der Waals surface area (Å²) >= 11 is 0. The molecule has 0 atom stereocenters. The van der Waals surface area contributed by atoms with Crippen LogP contribution in [0.2, 0.25) is 0 Å². The number of nitrogens with zero attached hydrogens (tertiary/aromatic N) is 3. The molecule has 1 fully saturated rings. The smallest absolute Gasteiger partial charge is 0.274 e. The Morgan fingerprint density at radius 2 is 2.06 bits per heavy atom. The van der Waals surface area contributed by atoms with Crippen LogP contribution in [0.25, 0.3) is 0 Å². The van der Waals surface area contributed by atoms with Crippen LogP contribution in [0.5, 0.6) is 5.88 Å². The fourth-order valence-electron chi connectivity index (χ4n) is 2.25. The Morgan fingerprint density at radius 3 is 2.81 bits per heavy atom. The van der Waals surface area contributed by atoms with Crippen molar-refractivity contribution < 1.29 is 9.53 Å². The summed E-state index contributed by atoms with van der Waals surface area (Å²) in [5.41, 5.74) is 0.527. The molecule has 0 N–H and O–H groups in total. The van der Waals surface area contributed by atoms with Crippen molar-refractivity contribution in [2.24, 2.45) is 0 Å². The number of carbonyl (C=O) groups excluding carboxylic acids is 1. The van der Waals surface area contributed by atoms with Gasteiger partial charge in [0.15, 0.2) is 5.69 Å². The van der Waals surface area contributed by atoms with Crippen molar-refractivity contribution in [3.8, 4) is 5.88 Å². The largest absolute Gasteiger partial charge is 0.478 e. The number of aromatic nitrogens is 2. The van der Waals surface area contributed by atoms with Gasteiger partial charge in [-0.3, -0.25) is 4.79 Å². The Bertz CT molecular complexity index is 384. The van der Waals surface area contributed by atoms with E-state index >= 15 is 0 Å². The van der Waals surface area contributed by atoms with Crippen LogP contribution in [0.3, 0.4) is 0 Å². The second kappa shape index (κ2) is 3.81. The lowest BCUT2D eigenvalue weighted by Gasteiger charge is -2.13. The Balaban J connectivity index is 1.83. The van der Waals surface area contributed by atoms with Crippen LogP contribution in [0.4, 0.5) is 0 Å². The first-order chi connectivity index (χ1) is 7.84. The van der Waals surface area contributed by atoms with Gasteiger partial charge in [-0.2, -0.15) is 5.10 Å². The van der Waals surface area contributed by atoms with Crippen molar-refractivity contribution in [3.63, 3.8) is 0 Å². The van der Waals surface area contributed by atoms with Gasteiger partial charge in [0, 0.05) is 32.1 Å². The van der Waals surface area contributed by atoms with Gasteiger partial charge in [0.05, 0.1) is 6.61 Å². The fraction of sp³-hybridized carbons (Fsp3) is 0.636. The zero-order valence-electron chi connectivity index (χ0n) is 9.19. The van der Waals surface area contributed by atoms with Crippen LogP contribution in [0, 0.1) is 0 Å². The van der Waals surface area contributed by atoms with Gasteiger partial charge in [0.25, 0.3) is 5.91 Å². The zero-order valence-corrected chi connectivity index (χ0v) is 9.19. The van der Waals surface area contributed by atoms with E-state index in [1.54, 1.807) is 10.7 Å². The van der Waals surface area contributed by atoms with Crippen LogP contribution < -0.4 is 4.74 Å². The summed E-state index contributed by atoms with van der Waals surface area (Å²) in [6.07, 6.45) is 3.18. The third-order valence-corrected chi connectivity index (χ3v) is 3.12. The van der Waals surface area contributed by atoms with E-state index in [0.717, 1.165) is 51.4 Å². The van der Waals surface area contributed by atoms with Crippen molar-refractivity contribution in [3.05, 3.63) is 11.8 Å². The maximum absolute atomic E-state index is 12.1. The normalized spacial score (nSPS) is 19.4. The lowest BCUT2D eigenvalue weighted by molar-refractivity contribution is 0.0786. The maximum Gasteiger partial charge on any atom is 0.274 e. The molecule has 1 aromatic heterocycles. The van der Waals surface area contributed by atoms with Crippen molar-refractivity contribution in [1.82, 2.24) is 14.7 Å². The topological polar surface area (TPSA) is 47.4 Å². The number of hydrogen-bond acceptors (Lipinski definition) is 3. The highest BCUT2D eigenvalue weighted by atomic mass is 16.5. The summed E-state index contributed by atoms with van der Waals surface area (Å²) < 4.78 is 7.23. The molecule has 3 rings (SSSR count). The number of fused-ring (bicyclic) bond motifs is 1. The molecule has 5 heteroatoms. The lowest BCUT2D eigenvalue weighted by atomic mass is 10.3. The summed E-state index contributed by atoms with van der Waals surface area (Å²) in [6, 6.07) is 1.76. The Hall–Kier alpha value is -1.52. The number of likely N-dealkylation sites (tertiary alicyclic amines) is 1. The molecule has 86 valence electrons. The minimum absolute atomic E-state index is 0.0444. The first kappa shape index (κ1) is 9.69. The molecule has 0 bridgehead atoms. The third-order valence-electron chi connectivity index (χ3n) is 3.12. The van der Waals surface area contributed by atoms with Gasteiger partial charge in [-0.1, -0.05) is 0 Å². The average molecular weight is 221 g/mol. The predicted molar refractivity (Wildman–Crippen MR) is 57.5 cm³/mol. The predicted octanol–water partition coefficient (Wildman–Crippen LogP) is 0.902. The summed E-state index contributed by atoms with van der Waals surface area (Å²) in [6.45, 7) is 3.30.